The Morgan fingerprint density at radius 2 is 2.04 bits per heavy atom. The maximum Gasteiger partial charge on any atom is 0.261 e. The van der Waals surface area contributed by atoms with Crippen molar-refractivity contribution in [3.63, 3.8) is 0 Å². The first-order valence-corrected chi connectivity index (χ1v) is 10.5. The highest BCUT2D eigenvalue weighted by Crippen LogP contribution is 2.22. The third-order valence-electron chi connectivity index (χ3n) is 4.05. The molecule has 0 saturated carbocycles. The average Bonchev–Trinajstić information content (AvgIpc) is 3.21. The highest BCUT2D eigenvalue weighted by molar-refractivity contribution is 7.91. The van der Waals surface area contributed by atoms with Gasteiger partial charge < -0.3 is 9.64 Å². The number of rotatable bonds is 6. The molecule has 25 heavy (non-hydrogen) atoms. The number of hydrogen-bond donors (Lipinski definition) is 0. The lowest BCUT2D eigenvalue weighted by Gasteiger charge is -2.27. The molecule has 2 aromatic rings. The summed E-state index contributed by atoms with van der Waals surface area (Å²) in [5, 5.41) is 1.92. The second-order valence-corrected chi connectivity index (χ2v) is 9.16. The maximum absolute atomic E-state index is 12.9. The van der Waals surface area contributed by atoms with Crippen LogP contribution in [0.4, 0.5) is 4.39 Å². The first-order valence-electron chi connectivity index (χ1n) is 7.83. The molecule has 0 aliphatic carbocycles. The van der Waals surface area contributed by atoms with Crippen LogP contribution in [-0.4, -0.2) is 43.4 Å². The Balaban J connectivity index is 1.69. The molecule has 2 heterocycles. The molecule has 3 rings (SSSR count). The van der Waals surface area contributed by atoms with E-state index in [9.17, 15) is 17.6 Å². The molecule has 0 radical (unpaired) electrons. The molecule has 1 fully saturated rings. The van der Waals surface area contributed by atoms with Gasteiger partial charge in [0.05, 0.1) is 18.1 Å². The van der Waals surface area contributed by atoms with Gasteiger partial charge in [-0.15, -0.1) is 11.3 Å². The van der Waals surface area contributed by atoms with Gasteiger partial charge in [0.25, 0.3) is 5.91 Å². The van der Waals surface area contributed by atoms with Crippen LogP contribution in [0, 0.1) is 5.82 Å². The largest absolute Gasteiger partial charge is 0.484 e. The Labute approximate surface area is 150 Å². The third-order valence-corrected chi connectivity index (χ3v) is 6.66. The molecule has 1 aliphatic rings. The highest BCUT2D eigenvalue weighted by Gasteiger charge is 2.34. The number of thiophene rings is 1. The molecule has 8 heteroatoms. The number of carbonyl (C=O) groups is 1. The van der Waals surface area contributed by atoms with Crippen molar-refractivity contribution >= 4 is 27.1 Å². The first-order chi connectivity index (χ1) is 11.9. The second kappa shape index (κ2) is 7.53. The van der Waals surface area contributed by atoms with Gasteiger partial charge in [-0.2, -0.15) is 0 Å². The van der Waals surface area contributed by atoms with Crippen molar-refractivity contribution in [1.82, 2.24) is 4.90 Å². The number of amides is 1. The minimum absolute atomic E-state index is 0.0132. The van der Waals surface area contributed by atoms with Crippen molar-refractivity contribution in [2.45, 2.75) is 19.0 Å². The smallest absolute Gasteiger partial charge is 0.261 e. The van der Waals surface area contributed by atoms with Crippen molar-refractivity contribution in [2.24, 2.45) is 0 Å². The fourth-order valence-corrected chi connectivity index (χ4v) is 5.20. The van der Waals surface area contributed by atoms with Crippen LogP contribution in [0.15, 0.2) is 41.8 Å². The van der Waals surface area contributed by atoms with E-state index in [1.807, 2.05) is 17.5 Å². The minimum Gasteiger partial charge on any atom is -0.484 e. The molecular formula is C17H18FNO4S2. The Hall–Kier alpha value is -1.93. The predicted molar refractivity (Wildman–Crippen MR) is 93.8 cm³/mol. The van der Waals surface area contributed by atoms with E-state index in [-0.39, 0.29) is 35.9 Å². The fraction of sp³-hybridized carbons (Fsp3) is 0.353. The molecule has 1 amide bonds. The molecule has 1 saturated heterocycles. The van der Waals surface area contributed by atoms with Gasteiger partial charge in [-0.25, -0.2) is 12.8 Å². The summed E-state index contributed by atoms with van der Waals surface area (Å²) in [6, 6.07) is 8.88. The van der Waals surface area contributed by atoms with Crippen LogP contribution in [0.5, 0.6) is 5.75 Å². The van der Waals surface area contributed by atoms with Crippen molar-refractivity contribution in [3.8, 4) is 5.75 Å². The number of hydrogen-bond acceptors (Lipinski definition) is 5. The summed E-state index contributed by atoms with van der Waals surface area (Å²) in [6.45, 7) is 0.150. The monoisotopic (exact) mass is 383 g/mol. The zero-order valence-corrected chi connectivity index (χ0v) is 15.1. The molecule has 0 spiro atoms. The summed E-state index contributed by atoms with van der Waals surface area (Å²) in [6.07, 6.45) is 0.440. The average molecular weight is 383 g/mol. The highest BCUT2D eigenvalue weighted by atomic mass is 32.2. The van der Waals surface area contributed by atoms with Gasteiger partial charge in [0.15, 0.2) is 16.4 Å². The van der Waals surface area contributed by atoms with E-state index in [2.05, 4.69) is 0 Å². The summed E-state index contributed by atoms with van der Waals surface area (Å²) in [7, 11) is -3.10. The Morgan fingerprint density at radius 3 is 2.64 bits per heavy atom. The minimum atomic E-state index is -3.10. The van der Waals surface area contributed by atoms with Crippen molar-refractivity contribution in [1.29, 1.82) is 0 Å². The standard InChI is InChI=1S/C17H18FNO4S2/c18-13-3-5-15(6-4-13)23-11-17(20)19(10-16-2-1-8-24-16)14-7-9-25(21,22)12-14/h1-6,8,14H,7,9-12H2/t14-/m0/s1. The topological polar surface area (TPSA) is 63.7 Å². The van der Waals surface area contributed by atoms with Crippen LogP contribution >= 0.6 is 11.3 Å². The second-order valence-electron chi connectivity index (χ2n) is 5.90. The fourth-order valence-electron chi connectivity index (χ4n) is 2.77. The predicted octanol–water partition coefficient (Wildman–Crippen LogP) is 2.48. The molecule has 1 aromatic carbocycles. The van der Waals surface area contributed by atoms with E-state index in [4.69, 9.17) is 4.74 Å². The lowest BCUT2D eigenvalue weighted by atomic mass is 10.2. The zero-order chi connectivity index (χ0) is 17.9. The Bertz CT molecular complexity index is 819. The van der Waals surface area contributed by atoms with E-state index in [1.54, 1.807) is 4.90 Å². The lowest BCUT2D eigenvalue weighted by molar-refractivity contribution is -0.135. The summed E-state index contributed by atoms with van der Waals surface area (Å²) in [5.41, 5.74) is 0. The number of sulfone groups is 1. The number of nitrogens with zero attached hydrogens (tertiary/aromatic N) is 1. The summed E-state index contributed by atoms with van der Waals surface area (Å²) in [5.74, 6) is -0.176. The van der Waals surface area contributed by atoms with Crippen LogP contribution in [0.1, 0.15) is 11.3 Å². The lowest BCUT2D eigenvalue weighted by Crippen LogP contribution is -2.42. The van der Waals surface area contributed by atoms with Gasteiger partial charge in [0, 0.05) is 10.9 Å². The SMILES string of the molecule is O=C(COc1ccc(F)cc1)N(Cc1cccs1)[C@H]1CCS(=O)(=O)C1. The maximum atomic E-state index is 12.9. The van der Waals surface area contributed by atoms with Crippen molar-refractivity contribution < 1.29 is 22.3 Å². The summed E-state index contributed by atoms with van der Waals surface area (Å²) in [4.78, 5) is 15.2. The number of ether oxygens (including phenoxy) is 1. The van der Waals surface area contributed by atoms with E-state index in [1.165, 1.54) is 35.6 Å². The number of halogens is 1. The van der Waals surface area contributed by atoms with Crippen LogP contribution in [0.2, 0.25) is 0 Å². The number of carbonyl (C=O) groups excluding carboxylic acids is 1. The Kier molecular flexibility index (Phi) is 5.39. The van der Waals surface area contributed by atoms with Gasteiger partial charge >= 0.3 is 0 Å². The first kappa shape index (κ1) is 17.9. The van der Waals surface area contributed by atoms with Gasteiger partial charge in [-0.1, -0.05) is 6.07 Å². The zero-order valence-electron chi connectivity index (χ0n) is 13.4. The summed E-state index contributed by atoms with van der Waals surface area (Å²) >= 11 is 1.52. The van der Waals surface area contributed by atoms with Crippen molar-refractivity contribution in [2.75, 3.05) is 18.1 Å². The molecule has 0 N–H and O–H groups in total. The Morgan fingerprint density at radius 1 is 1.28 bits per heavy atom. The van der Waals surface area contributed by atoms with Gasteiger partial charge in [-0.3, -0.25) is 4.79 Å². The van der Waals surface area contributed by atoms with Gasteiger partial charge in [-0.05, 0) is 42.1 Å². The molecular weight excluding hydrogens is 365 g/mol. The van der Waals surface area contributed by atoms with Gasteiger partial charge in [0.1, 0.15) is 11.6 Å². The van der Waals surface area contributed by atoms with Gasteiger partial charge in [0.2, 0.25) is 0 Å². The van der Waals surface area contributed by atoms with E-state index >= 15 is 0 Å². The molecule has 0 bridgehead atoms. The summed E-state index contributed by atoms with van der Waals surface area (Å²) < 4.78 is 41.9. The van der Waals surface area contributed by atoms with Crippen molar-refractivity contribution in [3.05, 3.63) is 52.5 Å². The normalized spacial score (nSPS) is 18.8. The molecule has 0 unspecified atom stereocenters. The van der Waals surface area contributed by atoms with Crippen LogP contribution < -0.4 is 4.74 Å². The third kappa shape index (κ3) is 4.79. The van der Waals surface area contributed by atoms with Crippen LogP contribution in [0.3, 0.4) is 0 Å². The molecule has 134 valence electrons. The molecule has 1 aliphatic heterocycles. The van der Waals surface area contributed by atoms with Crippen LogP contribution in [-0.2, 0) is 21.2 Å². The molecule has 1 atom stereocenters. The quantitative estimate of drug-likeness (QED) is 0.769. The van der Waals surface area contributed by atoms with E-state index in [0.717, 1.165) is 4.88 Å². The van der Waals surface area contributed by atoms with E-state index in [0.29, 0.717) is 18.7 Å². The molecule has 1 aromatic heterocycles. The van der Waals surface area contributed by atoms with E-state index < -0.39 is 9.84 Å². The van der Waals surface area contributed by atoms with Crippen LogP contribution in [0.25, 0.3) is 0 Å². The number of benzene rings is 1. The molecule has 5 nitrogen and oxygen atoms in total.